The van der Waals surface area contributed by atoms with E-state index in [1.807, 2.05) is 0 Å². The molecule has 1 N–H and O–H groups in total. The van der Waals surface area contributed by atoms with Crippen molar-refractivity contribution in [2.45, 2.75) is 52.0 Å². The number of likely N-dealkylation sites (N-methyl/N-ethyl adjacent to an activating group) is 1. The van der Waals surface area contributed by atoms with Gasteiger partial charge in [0, 0.05) is 6.04 Å². The summed E-state index contributed by atoms with van der Waals surface area (Å²) in [6.45, 7) is 5.61. The highest BCUT2D eigenvalue weighted by atomic mass is 14.9. The molecule has 21 heavy (non-hydrogen) atoms. The lowest BCUT2D eigenvalue weighted by molar-refractivity contribution is 0.366. The topological polar surface area (TPSA) is 12.0 Å². The number of aryl methyl sites for hydroxylation is 1. The summed E-state index contributed by atoms with van der Waals surface area (Å²) in [5.74, 6) is 5.34. The van der Waals surface area contributed by atoms with Gasteiger partial charge in [-0.3, -0.25) is 0 Å². The second kappa shape index (κ2) is 5.43. The molecule has 0 saturated heterocycles. The molecule has 0 radical (unpaired) electrons. The van der Waals surface area contributed by atoms with E-state index in [0.29, 0.717) is 0 Å². The molecule has 1 heteroatoms. The fraction of sp³-hybridized carbons (Fsp3) is 0.700. The van der Waals surface area contributed by atoms with E-state index in [1.165, 1.54) is 30.4 Å². The average Bonchev–Trinajstić information content (AvgIpc) is 2.94. The first-order valence-corrected chi connectivity index (χ1v) is 9.13. The number of rotatable bonds is 6. The van der Waals surface area contributed by atoms with Crippen molar-refractivity contribution in [3.05, 3.63) is 35.4 Å². The highest BCUT2D eigenvalue weighted by molar-refractivity contribution is 5.25. The quantitative estimate of drug-likeness (QED) is 0.830. The van der Waals surface area contributed by atoms with Crippen LogP contribution < -0.4 is 5.32 Å². The van der Waals surface area contributed by atoms with Gasteiger partial charge in [0.05, 0.1) is 0 Å². The molecule has 3 fully saturated rings. The van der Waals surface area contributed by atoms with Gasteiger partial charge in [-0.15, -0.1) is 0 Å². The Kier molecular flexibility index (Phi) is 3.57. The van der Waals surface area contributed by atoms with Gasteiger partial charge in [0.15, 0.2) is 0 Å². The van der Waals surface area contributed by atoms with Crippen molar-refractivity contribution in [1.82, 2.24) is 5.32 Å². The molecular weight excluding hydrogens is 254 g/mol. The molecule has 1 aromatic carbocycles. The number of hydrogen-bond donors (Lipinski definition) is 1. The molecule has 0 spiro atoms. The molecule has 5 unspecified atom stereocenters. The lowest BCUT2D eigenvalue weighted by Gasteiger charge is -2.21. The molecule has 1 aromatic rings. The van der Waals surface area contributed by atoms with Gasteiger partial charge >= 0.3 is 0 Å². The normalized spacial score (nSPS) is 37.5. The van der Waals surface area contributed by atoms with E-state index in [4.69, 9.17) is 0 Å². The summed E-state index contributed by atoms with van der Waals surface area (Å²) in [4.78, 5) is 0. The monoisotopic (exact) mass is 283 g/mol. The summed E-state index contributed by atoms with van der Waals surface area (Å²) < 4.78 is 0. The summed E-state index contributed by atoms with van der Waals surface area (Å²) in [6.07, 6.45) is 7.01. The molecule has 4 rings (SSSR count). The smallest absolute Gasteiger partial charge is 0.0141 e. The van der Waals surface area contributed by atoms with Crippen LogP contribution in [0.25, 0.3) is 0 Å². The van der Waals surface area contributed by atoms with Crippen LogP contribution in [0.3, 0.4) is 0 Å². The molecule has 5 atom stereocenters. The molecule has 114 valence electrons. The van der Waals surface area contributed by atoms with E-state index in [1.54, 1.807) is 6.42 Å². The van der Waals surface area contributed by atoms with Crippen LogP contribution >= 0.6 is 0 Å². The second-order valence-corrected chi connectivity index (χ2v) is 7.60. The number of benzene rings is 1. The molecule has 0 aromatic heterocycles. The number of fused-ring (bicyclic) bond motifs is 5. The molecule has 3 aliphatic carbocycles. The van der Waals surface area contributed by atoms with Crippen molar-refractivity contribution < 1.29 is 0 Å². The van der Waals surface area contributed by atoms with Gasteiger partial charge in [0.25, 0.3) is 0 Å². The molecule has 2 bridgehead atoms. The van der Waals surface area contributed by atoms with E-state index in [-0.39, 0.29) is 0 Å². The molecule has 0 amide bonds. The van der Waals surface area contributed by atoms with Crippen molar-refractivity contribution in [2.75, 3.05) is 6.54 Å². The minimum absolute atomic E-state index is 0.723. The first kappa shape index (κ1) is 13.8. The Labute approximate surface area is 129 Å². The van der Waals surface area contributed by atoms with Gasteiger partial charge in [-0.2, -0.15) is 0 Å². The Morgan fingerprint density at radius 3 is 2.19 bits per heavy atom. The summed E-state index contributed by atoms with van der Waals surface area (Å²) in [5.41, 5.74) is 2.98. The van der Waals surface area contributed by atoms with Crippen LogP contribution in [0.4, 0.5) is 0 Å². The first-order chi connectivity index (χ1) is 10.3. The minimum Gasteiger partial charge on any atom is -0.314 e. The zero-order valence-corrected chi connectivity index (χ0v) is 13.5. The Hall–Kier alpha value is -0.820. The maximum absolute atomic E-state index is 3.82. The van der Waals surface area contributed by atoms with Crippen LogP contribution in [0.2, 0.25) is 0 Å². The van der Waals surface area contributed by atoms with Gasteiger partial charge in [0.1, 0.15) is 0 Å². The molecule has 0 aliphatic heterocycles. The van der Waals surface area contributed by atoms with Gasteiger partial charge < -0.3 is 5.32 Å². The largest absolute Gasteiger partial charge is 0.314 e. The third-order valence-corrected chi connectivity index (χ3v) is 6.61. The minimum atomic E-state index is 0.723. The SMILES string of the molecule is CCNC(Cc1ccc(CC)cc1)C1C2C3CCC(C3)C21. The highest BCUT2D eigenvalue weighted by Crippen LogP contribution is 2.70. The fourth-order valence-corrected chi connectivity index (χ4v) is 5.70. The van der Waals surface area contributed by atoms with E-state index in [9.17, 15) is 0 Å². The average molecular weight is 283 g/mol. The first-order valence-electron chi connectivity index (χ1n) is 9.13. The van der Waals surface area contributed by atoms with Gasteiger partial charge in [-0.1, -0.05) is 38.1 Å². The Bertz CT molecular complexity index is 475. The van der Waals surface area contributed by atoms with Crippen LogP contribution in [0.5, 0.6) is 0 Å². The lowest BCUT2D eigenvalue weighted by atomic mass is 9.93. The maximum atomic E-state index is 3.82. The van der Waals surface area contributed by atoms with Gasteiger partial charge in [0.2, 0.25) is 0 Å². The van der Waals surface area contributed by atoms with E-state index >= 15 is 0 Å². The predicted molar refractivity (Wildman–Crippen MR) is 88.3 cm³/mol. The van der Waals surface area contributed by atoms with Crippen molar-refractivity contribution in [3.63, 3.8) is 0 Å². The molecule has 3 saturated carbocycles. The summed E-state index contributed by atoms with van der Waals surface area (Å²) in [6, 6.07) is 10.1. The zero-order chi connectivity index (χ0) is 14.4. The fourth-order valence-electron chi connectivity index (χ4n) is 5.70. The number of hydrogen-bond acceptors (Lipinski definition) is 1. The van der Waals surface area contributed by atoms with Crippen LogP contribution in [0.1, 0.15) is 44.2 Å². The van der Waals surface area contributed by atoms with E-state index in [2.05, 4.69) is 43.4 Å². The summed E-state index contributed by atoms with van der Waals surface area (Å²) in [5, 5.41) is 3.82. The summed E-state index contributed by atoms with van der Waals surface area (Å²) in [7, 11) is 0. The van der Waals surface area contributed by atoms with Crippen molar-refractivity contribution in [2.24, 2.45) is 29.6 Å². The highest BCUT2D eigenvalue weighted by Gasteiger charge is 2.66. The number of nitrogens with one attached hydrogen (secondary N) is 1. The van der Waals surface area contributed by atoms with Crippen LogP contribution in [0, 0.1) is 29.6 Å². The molecule has 0 heterocycles. The standard InChI is InChI=1S/C20H29N/c1-3-13-5-7-14(8-6-13)11-17(21-4-2)20-18-15-9-10-16(12-15)19(18)20/h5-8,15-21H,3-4,9-12H2,1-2H3. The van der Waals surface area contributed by atoms with Crippen molar-refractivity contribution in [1.29, 1.82) is 0 Å². The van der Waals surface area contributed by atoms with Gasteiger partial charge in [-0.25, -0.2) is 0 Å². The third kappa shape index (κ3) is 2.34. The second-order valence-electron chi connectivity index (χ2n) is 7.60. The van der Waals surface area contributed by atoms with Crippen LogP contribution in [-0.4, -0.2) is 12.6 Å². The third-order valence-electron chi connectivity index (χ3n) is 6.61. The van der Waals surface area contributed by atoms with Gasteiger partial charge in [-0.05, 0) is 79.4 Å². The van der Waals surface area contributed by atoms with Crippen molar-refractivity contribution in [3.8, 4) is 0 Å². The Balaban J connectivity index is 1.45. The zero-order valence-electron chi connectivity index (χ0n) is 13.5. The Morgan fingerprint density at radius 2 is 1.62 bits per heavy atom. The predicted octanol–water partition coefficient (Wildman–Crippen LogP) is 4.06. The Morgan fingerprint density at radius 1 is 1.00 bits per heavy atom. The summed E-state index contributed by atoms with van der Waals surface area (Å²) >= 11 is 0. The molecule has 1 nitrogen and oxygen atoms in total. The van der Waals surface area contributed by atoms with E-state index < -0.39 is 0 Å². The molecule has 3 aliphatic rings. The van der Waals surface area contributed by atoms with Crippen LogP contribution in [-0.2, 0) is 12.8 Å². The molecular formula is C20H29N. The van der Waals surface area contributed by atoms with E-state index in [0.717, 1.165) is 48.6 Å². The maximum Gasteiger partial charge on any atom is 0.0141 e. The van der Waals surface area contributed by atoms with Crippen LogP contribution in [0.15, 0.2) is 24.3 Å². The lowest BCUT2D eigenvalue weighted by Crippen LogP contribution is -2.35. The van der Waals surface area contributed by atoms with Crippen molar-refractivity contribution >= 4 is 0 Å².